The molecule has 5 unspecified atom stereocenters. The summed E-state index contributed by atoms with van der Waals surface area (Å²) in [5, 5.41) is 3.57. The molecule has 1 aliphatic carbocycles. The third-order valence-corrected chi connectivity index (χ3v) is 4.08. The molecule has 1 N–H and O–H groups in total. The van der Waals surface area contributed by atoms with Crippen molar-refractivity contribution < 1.29 is 0 Å². The van der Waals surface area contributed by atoms with Gasteiger partial charge in [0.25, 0.3) is 0 Å². The van der Waals surface area contributed by atoms with Crippen LogP contribution in [-0.2, 0) is 0 Å². The molecule has 1 heteroatoms. The minimum absolute atomic E-state index is 0.785. The summed E-state index contributed by atoms with van der Waals surface area (Å²) in [6.07, 6.45) is 1.46. The normalized spacial score (nSPS) is 56.5. The molecule has 1 saturated carbocycles. The molecule has 0 radical (unpaired) electrons. The zero-order valence-corrected chi connectivity index (χ0v) is 7.80. The smallest absolute Gasteiger partial charge is 0.00704 e. The van der Waals surface area contributed by atoms with E-state index in [-0.39, 0.29) is 0 Å². The summed E-state index contributed by atoms with van der Waals surface area (Å²) in [5.74, 6) is 3.90. The highest BCUT2D eigenvalue weighted by Crippen LogP contribution is 2.45. The number of hydrogen-bond acceptors (Lipinski definition) is 1. The fourth-order valence-electron chi connectivity index (χ4n) is 3.02. The van der Waals surface area contributed by atoms with E-state index in [1.54, 1.807) is 0 Å². The number of rotatable bonds is 0. The Morgan fingerprint density at radius 1 is 1.09 bits per heavy atom. The molecular weight excluding hydrogens is 134 g/mol. The van der Waals surface area contributed by atoms with Gasteiger partial charge in [-0.05, 0) is 43.6 Å². The van der Waals surface area contributed by atoms with E-state index in [0.29, 0.717) is 0 Å². The lowest BCUT2D eigenvalue weighted by Crippen LogP contribution is -2.23. The van der Waals surface area contributed by atoms with Gasteiger partial charge in [0.2, 0.25) is 0 Å². The molecular formula is C10H19N. The highest BCUT2D eigenvalue weighted by molar-refractivity contribution is 4.97. The number of nitrogens with one attached hydrogen (secondary N) is 1. The molecule has 0 spiro atoms. The van der Waals surface area contributed by atoms with E-state index in [1.807, 2.05) is 0 Å². The van der Waals surface area contributed by atoms with Crippen molar-refractivity contribution in [1.29, 1.82) is 0 Å². The van der Waals surface area contributed by atoms with Crippen LogP contribution in [0.2, 0.25) is 0 Å². The van der Waals surface area contributed by atoms with Crippen molar-refractivity contribution in [2.45, 2.75) is 33.2 Å². The Labute approximate surface area is 69.6 Å². The van der Waals surface area contributed by atoms with Crippen molar-refractivity contribution in [1.82, 2.24) is 5.32 Å². The Kier molecular flexibility index (Phi) is 1.71. The minimum Gasteiger partial charge on any atom is -0.314 e. The van der Waals surface area contributed by atoms with Crippen LogP contribution >= 0.6 is 0 Å². The molecule has 0 bridgehead atoms. The maximum absolute atomic E-state index is 3.57. The second-order valence-corrected chi connectivity index (χ2v) is 4.60. The van der Waals surface area contributed by atoms with Crippen molar-refractivity contribution in [3.8, 4) is 0 Å². The SMILES string of the molecule is CC1CC2C(C)NCC2C1C. The van der Waals surface area contributed by atoms with Gasteiger partial charge >= 0.3 is 0 Å². The maximum atomic E-state index is 3.57. The molecule has 0 aromatic carbocycles. The Morgan fingerprint density at radius 2 is 1.82 bits per heavy atom. The predicted octanol–water partition coefficient (Wildman–Crippen LogP) is 1.89. The molecule has 1 aliphatic heterocycles. The van der Waals surface area contributed by atoms with E-state index in [2.05, 4.69) is 26.1 Å². The second kappa shape index (κ2) is 2.48. The van der Waals surface area contributed by atoms with Crippen LogP contribution in [0.5, 0.6) is 0 Å². The van der Waals surface area contributed by atoms with Gasteiger partial charge in [0.15, 0.2) is 0 Å². The summed E-state index contributed by atoms with van der Waals surface area (Å²) in [7, 11) is 0. The second-order valence-electron chi connectivity index (χ2n) is 4.60. The summed E-state index contributed by atoms with van der Waals surface area (Å²) in [6, 6.07) is 0.785. The van der Waals surface area contributed by atoms with Gasteiger partial charge < -0.3 is 5.32 Å². The fourth-order valence-corrected chi connectivity index (χ4v) is 3.02. The van der Waals surface area contributed by atoms with Gasteiger partial charge in [-0.3, -0.25) is 0 Å². The Hall–Kier alpha value is -0.0400. The molecule has 1 nitrogen and oxygen atoms in total. The first-order chi connectivity index (χ1) is 5.20. The van der Waals surface area contributed by atoms with Crippen molar-refractivity contribution in [2.24, 2.45) is 23.7 Å². The van der Waals surface area contributed by atoms with Crippen LogP contribution in [0.15, 0.2) is 0 Å². The highest BCUT2D eigenvalue weighted by atomic mass is 15.0. The van der Waals surface area contributed by atoms with Crippen LogP contribution < -0.4 is 5.32 Å². The molecule has 0 amide bonds. The van der Waals surface area contributed by atoms with Gasteiger partial charge in [0.1, 0.15) is 0 Å². The maximum Gasteiger partial charge on any atom is 0.00704 e. The largest absolute Gasteiger partial charge is 0.314 e. The first-order valence-corrected chi connectivity index (χ1v) is 4.93. The summed E-state index contributed by atoms with van der Waals surface area (Å²) < 4.78 is 0. The Morgan fingerprint density at radius 3 is 2.45 bits per heavy atom. The zero-order valence-electron chi connectivity index (χ0n) is 7.80. The first kappa shape index (κ1) is 7.60. The molecule has 11 heavy (non-hydrogen) atoms. The molecule has 2 aliphatic rings. The molecule has 1 heterocycles. The molecule has 0 aromatic heterocycles. The van der Waals surface area contributed by atoms with Gasteiger partial charge in [-0.2, -0.15) is 0 Å². The highest BCUT2D eigenvalue weighted by Gasteiger charge is 2.44. The van der Waals surface area contributed by atoms with Gasteiger partial charge in [0, 0.05) is 6.04 Å². The molecule has 64 valence electrons. The Bertz CT molecular complexity index is 155. The number of fused-ring (bicyclic) bond motifs is 1. The third-order valence-electron chi connectivity index (χ3n) is 4.08. The molecule has 5 atom stereocenters. The molecule has 2 rings (SSSR count). The molecule has 0 aromatic rings. The zero-order chi connectivity index (χ0) is 8.01. The van der Waals surface area contributed by atoms with Crippen LogP contribution in [0.4, 0.5) is 0 Å². The van der Waals surface area contributed by atoms with Crippen LogP contribution in [-0.4, -0.2) is 12.6 Å². The fraction of sp³-hybridized carbons (Fsp3) is 1.00. The minimum atomic E-state index is 0.785. The average Bonchev–Trinajstić information content (AvgIpc) is 2.43. The summed E-state index contributed by atoms with van der Waals surface area (Å²) in [6.45, 7) is 8.46. The molecule has 2 fully saturated rings. The quantitative estimate of drug-likeness (QED) is 0.560. The van der Waals surface area contributed by atoms with E-state index in [9.17, 15) is 0 Å². The average molecular weight is 153 g/mol. The Balaban J connectivity index is 2.12. The van der Waals surface area contributed by atoms with Gasteiger partial charge in [-0.25, -0.2) is 0 Å². The van der Waals surface area contributed by atoms with Crippen LogP contribution in [0.1, 0.15) is 27.2 Å². The van der Waals surface area contributed by atoms with E-state index in [4.69, 9.17) is 0 Å². The lowest BCUT2D eigenvalue weighted by Gasteiger charge is -2.14. The topological polar surface area (TPSA) is 12.0 Å². The van der Waals surface area contributed by atoms with Gasteiger partial charge in [-0.15, -0.1) is 0 Å². The van der Waals surface area contributed by atoms with E-state index in [0.717, 1.165) is 29.7 Å². The standard InChI is InChI=1S/C10H19N/c1-6-4-9-8(3)11-5-10(9)7(6)2/h6-11H,4-5H2,1-3H3. The lowest BCUT2D eigenvalue weighted by molar-refractivity contribution is 0.356. The van der Waals surface area contributed by atoms with Crippen molar-refractivity contribution in [3.63, 3.8) is 0 Å². The summed E-state index contributed by atoms with van der Waals surface area (Å²) >= 11 is 0. The monoisotopic (exact) mass is 153 g/mol. The van der Waals surface area contributed by atoms with Crippen LogP contribution in [0.25, 0.3) is 0 Å². The van der Waals surface area contributed by atoms with Crippen LogP contribution in [0.3, 0.4) is 0 Å². The van der Waals surface area contributed by atoms with E-state index < -0.39 is 0 Å². The van der Waals surface area contributed by atoms with Crippen molar-refractivity contribution >= 4 is 0 Å². The van der Waals surface area contributed by atoms with Crippen molar-refractivity contribution in [2.75, 3.05) is 6.54 Å². The van der Waals surface area contributed by atoms with E-state index in [1.165, 1.54) is 13.0 Å². The van der Waals surface area contributed by atoms with Gasteiger partial charge in [0.05, 0.1) is 0 Å². The van der Waals surface area contributed by atoms with Crippen molar-refractivity contribution in [3.05, 3.63) is 0 Å². The summed E-state index contributed by atoms with van der Waals surface area (Å²) in [5.41, 5.74) is 0. The summed E-state index contributed by atoms with van der Waals surface area (Å²) in [4.78, 5) is 0. The third kappa shape index (κ3) is 1.01. The van der Waals surface area contributed by atoms with E-state index >= 15 is 0 Å². The van der Waals surface area contributed by atoms with Gasteiger partial charge in [-0.1, -0.05) is 13.8 Å². The predicted molar refractivity (Wildman–Crippen MR) is 47.4 cm³/mol. The first-order valence-electron chi connectivity index (χ1n) is 4.93. The van der Waals surface area contributed by atoms with Crippen LogP contribution in [0, 0.1) is 23.7 Å². The lowest BCUT2D eigenvalue weighted by atomic mass is 9.90. The molecule has 1 saturated heterocycles. The number of hydrogen-bond donors (Lipinski definition) is 1.